The number of carbonyl (C=O) groups is 1. The Labute approximate surface area is 58.9 Å². The molecule has 0 radical (unpaired) electrons. The average Bonchev–Trinajstić information content (AvgIpc) is 2.13. The van der Waals surface area contributed by atoms with E-state index in [-0.39, 0.29) is 5.25 Å². The molecule has 0 aromatic rings. The van der Waals surface area contributed by atoms with E-state index in [2.05, 4.69) is 17.9 Å². The van der Waals surface area contributed by atoms with Gasteiger partial charge in [-0.2, -0.15) is 12.6 Å². The first-order valence-corrected chi connectivity index (χ1v) is 3.37. The number of rotatable bonds is 1. The van der Waals surface area contributed by atoms with Crippen LogP contribution in [0.3, 0.4) is 0 Å². The van der Waals surface area contributed by atoms with E-state index in [1.54, 1.807) is 0 Å². The van der Waals surface area contributed by atoms with E-state index in [4.69, 9.17) is 5.11 Å². The first kappa shape index (κ1) is 6.89. The Morgan fingerprint density at radius 3 is 2.67 bits per heavy atom. The highest BCUT2D eigenvalue weighted by Gasteiger charge is 2.29. The van der Waals surface area contributed by atoms with Gasteiger partial charge in [0.2, 0.25) is 0 Å². The summed E-state index contributed by atoms with van der Waals surface area (Å²) in [5.74, 6) is -0.799. The molecule has 1 aliphatic heterocycles. The molecule has 0 saturated carbocycles. The fourth-order valence-electron chi connectivity index (χ4n) is 0.941. The molecule has 1 rings (SSSR count). The van der Waals surface area contributed by atoms with Crippen LogP contribution < -0.4 is 5.32 Å². The van der Waals surface area contributed by atoms with Gasteiger partial charge in [-0.05, 0) is 13.0 Å². The maximum absolute atomic E-state index is 10.3. The van der Waals surface area contributed by atoms with Crippen molar-refractivity contribution in [3.8, 4) is 0 Å². The summed E-state index contributed by atoms with van der Waals surface area (Å²) in [6.07, 6.45) is 0.847. The molecule has 0 aliphatic carbocycles. The summed E-state index contributed by atoms with van der Waals surface area (Å²) in [4.78, 5) is 10.3. The van der Waals surface area contributed by atoms with Gasteiger partial charge in [0.15, 0.2) is 0 Å². The topological polar surface area (TPSA) is 49.3 Å². The van der Waals surface area contributed by atoms with Crippen LogP contribution in [0.25, 0.3) is 0 Å². The number of thiol groups is 1. The van der Waals surface area contributed by atoms with Gasteiger partial charge in [-0.15, -0.1) is 0 Å². The number of hydrogen-bond donors (Lipinski definition) is 3. The van der Waals surface area contributed by atoms with Crippen LogP contribution in [0.1, 0.15) is 6.42 Å². The number of carboxylic acids is 1. The van der Waals surface area contributed by atoms with Crippen LogP contribution in [0, 0.1) is 0 Å². The first-order chi connectivity index (χ1) is 4.22. The van der Waals surface area contributed by atoms with Crippen LogP contribution in [-0.2, 0) is 4.79 Å². The Hall–Kier alpha value is -0.220. The zero-order valence-corrected chi connectivity index (χ0v) is 5.77. The third-order valence-corrected chi connectivity index (χ3v) is 2.01. The molecule has 1 fully saturated rings. The van der Waals surface area contributed by atoms with Crippen LogP contribution in [0.15, 0.2) is 0 Å². The van der Waals surface area contributed by atoms with Crippen molar-refractivity contribution in [2.24, 2.45) is 0 Å². The standard InChI is InChI=1S/C5H9NO2S/c7-5(8)4-3(9)1-2-6-4/h3-4,6,9H,1-2H2,(H,7,8)/t3-,4-/m1/s1. The molecule has 0 bridgehead atoms. The van der Waals surface area contributed by atoms with Gasteiger partial charge in [-0.3, -0.25) is 4.79 Å². The van der Waals surface area contributed by atoms with E-state index in [9.17, 15) is 4.79 Å². The highest BCUT2D eigenvalue weighted by molar-refractivity contribution is 7.81. The van der Waals surface area contributed by atoms with E-state index >= 15 is 0 Å². The highest BCUT2D eigenvalue weighted by atomic mass is 32.1. The van der Waals surface area contributed by atoms with Crippen molar-refractivity contribution in [1.29, 1.82) is 0 Å². The Bertz CT molecular complexity index is 128. The second kappa shape index (κ2) is 2.58. The zero-order valence-electron chi connectivity index (χ0n) is 4.87. The maximum Gasteiger partial charge on any atom is 0.321 e. The smallest absolute Gasteiger partial charge is 0.321 e. The molecule has 0 spiro atoms. The average molecular weight is 147 g/mol. The molecule has 1 saturated heterocycles. The summed E-state index contributed by atoms with van der Waals surface area (Å²) in [5, 5.41) is 11.3. The molecule has 4 heteroatoms. The van der Waals surface area contributed by atoms with Gasteiger partial charge in [-0.25, -0.2) is 0 Å². The van der Waals surface area contributed by atoms with Crippen LogP contribution in [-0.4, -0.2) is 28.9 Å². The quantitative estimate of drug-likeness (QED) is 0.447. The van der Waals surface area contributed by atoms with Crippen LogP contribution in [0.5, 0.6) is 0 Å². The van der Waals surface area contributed by atoms with Gasteiger partial charge >= 0.3 is 5.97 Å². The molecule has 2 N–H and O–H groups in total. The van der Waals surface area contributed by atoms with Gasteiger partial charge in [0.05, 0.1) is 0 Å². The lowest BCUT2D eigenvalue weighted by Gasteiger charge is -2.07. The van der Waals surface area contributed by atoms with Crippen molar-refractivity contribution in [1.82, 2.24) is 5.32 Å². The van der Waals surface area contributed by atoms with Gasteiger partial charge in [0.1, 0.15) is 6.04 Å². The molecule has 0 aromatic carbocycles. The van der Waals surface area contributed by atoms with Crippen LogP contribution in [0.4, 0.5) is 0 Å². The van der Waals surface area contributed by atoms with Crippen molar-refractivity contribution in [3.05, 3.63) is 0 Å². The SMILES string of the molecule is O=C(O)[C@@H]1NCC[C@H]1S. The number of hydrogen-bond acceptors (Lipinski definition) is 3. The molecule has 0 amide bonds. The Kier molecular flexibility index (Phi) is 1.97. The first-order valence-electron chi connectivity index (χ1n) is 2.86. The van der Waals surface area contributed by atoms with E-state index < -0.39 is 12.0 Å². The fourth-order valence-corrected chi connectivity index (χ4v) is 1.30. The number of nitrogens with one attached hydrogen (secondary N) is 1. The van der Waals surface area contributed by atoms with Crippen molar-refractivity contribution in [2.45, 2.75) is 17.7 Å². The number of aliphatic carboxylic acids is 1. The molecular formula is C5H9NO2S. The van der Waals surface area contributed by atoms with E-state index in [0.717, 1.165) is 13.0 Å². The van der Waals surface area contributed by atoms with Gasteiger partial charge in [0, 0.05) is 5.25 Å². The second-order valence-electron chi connectivity index (χ2n) is 2.13. The molecule has 0 unspecified atom stereocenters. The minimum atomic E-state index is -0.799. The van der Waals surface area contributed by atoms with Crippen LogP contribution in [0.2, 0.25) is 0 Å². The van der Waals surface area contributed by atoms with Crippen molar-refractivity contribution in [2.75, 3.05) is 6.54 Å². The summed E-state index contributed by atoms with van der Waals surface area (Å²) in [7, 11) is 0. The Balaban J connectivity index is 2.49. The molecule has 1 aliphatic rings. The van der Waals surface area contributed by atoms with Crippen molar-refractivity contribution >= 4 is 18.6 Å². The Morgan fingerprint density at radius 2 is 2.44 bits per heavy atom. The third kappa shape index (κ3) is 1.37. The lowest BCUT2D eigenvalue weighted by Crippen LogP contribution is -2.35. The van der Waals surface area contributed by atoms with E-state index in [1.165, 1.54) is 0 Å². The molecule has 2 atom stereocenters. The van der Waals surface area contributed by atoms with Gasteiger partial charge in [-0.1, -0.05) is 0 Å². The Morgan fingerprint density at radius 1 is 1.78 bits per heavy atom. The van der Waals surface area contributed by atoms with Gasteiger partial charge in [0.25, 0.3) is 0 Å². The number of carboxylic acid groups (broad SMARTS) is 1. The predicted molar refractivity (Wildman–Crippen MR) is 36.8 cm³/mol. The monoisotopic (exact) mass is 147 g/mol. The molecule has 9 heavy (non-hydrogen) atoms. The summed E-state index contributed by atoms with van der Waals surface area (Å²) < 4.78 is 0. The van der Waals surface area contributed by atoms with Crippen LogP contribution >= 0.6 is 12.6 Å². The summed E-state index contributed by atoms with van der Waals surface area (Å²) in [5.41, 5.74) is 0. The summed E-state index contributed by atoms with van der Waals surface area (Å²) >= 11 is 4.08. The van der Waals surface area contributed by atoms with Crippen molar-refractivity contribution < 1.29 is 9.90 Å². The van der Waals surface area contributed by atoms with Gasteiger partial charge < -0.3 is 10.4 Å². The minimum absolute atomic E-state index is 0.0116. The zero-order chi connectivity index (χ0) is 6.85. The lowest BCUT2D eigenvalue weighted by atomic mass is 10.2. The summed E-state index contributed by atoms with van der Waals surface area (Å²) in [6, 6.07) is -0.437. The highest BCUT2D eigenvalue weighted by Crippen LogP contribution is 2.12. The molecule has 1 heterocycles. The van der Waals surface area contributed by atoms with E-state index in [0.29, 0.717) is 0 Å². The largest absolute Gasteiger partial charge is 0.480 e. The normalized spacial score (nSPS) is 34.8. The second-order valence-corrected chi connectivity index (χ2v) is 2.79. The lowest BCUT2D eigenvalue weighted by molar-refractivity contribution is -0.138. The third-order valence-electron chi connectivity index (χ3n) is 1.46. The van der Waals surface area contributed by atoms with Crippen molar-refractivity contribution in [3.63, 3.8) is 0 Å². The summed E-state index contributed by atoms with van der Waals surface area (Å²) in [6.45, 7) is 0.769. The predicted octanol–water partition coefficient (Wildman–Crippen LogP) is -0.269. The fraction of sp³-hybridized carbons (Fsp3) is 0.800. The minimum Gasteiger partial charge on any atom is -0.480 e. The molecule has 52 valence electrons. The molecule has 3 nitrogen and oxygen atoms in total. The molecular weight excluding hydrogens is 138 g/mol. The molecule has 0 aromatic heterocycles. The van der Waals surface area contributed by atoms with E-state index in [1.807, 2.05) is 0 Å². The maximum atomic E-state index is 10.3.